The zero-order valence-electron chi connectivity index (χ0n) is 21.4. The number of hydrazine groups is 1. The topological polar surface area (TPSA) is 154 Å². The molecule has 10 nitrogen and oxygen atoms in total. The van der Waals surface area contributed by atoms with Crippen LogP contribution in [0.1, 0.15) is 56.5 Å². The molecule has 1 aliphatic heterocycles. The normalized spacial score (nSPS) is 15.8. The molecule has 36 heavy (non-hydrogen) atoms. The minimum Gasteiger partial charge on any atom is -0.483 e. The summed E-state index contributed by atoms with van der Waals surface area (Å²) >= 11 is 0. The largest absolute Gasteiger partial charge is 0.483 e. The first-order valence-electron chi connectivity index (χ1n) is 12.2. The highest BCUT2D eigenvalue weighted by Gasteiger charge is 2.22. The minimum atomic E-state index is -0.250. The Hall–Kier alpha value is -3.84. The van der Waals surface area contributed by atoms with Gasteiger partial charge in [0.15, 0.2) is 5.69 Å². The van der Waals surface area contributed by atoms with Crippen LogP contribution in [0.5, 0.6) is 0 Å². The van der Waals surface area contributed by atoms with Gasteiger partial charge in [-0.15, -0.1) is 0 Å². The van der Waals surface area contributed by atoms with Gasteiger partial charge in [-0.05, 0) is 42.9 Å². The molecule has 0 saturated carbocycles. The van der Waals surface area contributed by atoms with Crippen molar-refractivity contribution in [1.29, 1.82) is 5.26 Å². The fourth-order valence-corrected chi connectivity index (χ4v) is 4.39. The van der Waals surface area contributed by atoms with Crippen LogP contribution in [0, 0.1) is 17.2 Å². The number of carbonyl (C=O) groups is 1. The zero-order valence-corrected chi connectivity index (χ0v) is 21.4. The maximum atomic E-state index is 12.4. The van der Waals surface area contributed by atoms with Crippen molar-refractivity contribution in [2.75, 3.05) is 25.0 Å². The Balaban J connectivity index is 0.00000145. The first-order chi connectivity index (χ1) is 17.3. The SMILES string of the molecule is CCCc1ccc(=O)n(C/C(=C(/N)c2ccc(N3CCCC(CC)C3)c(C#N)n2)N(C)N)c1.O=CO. The standard InChI is InChI=1S/C25H35N7O.CH2O2/c1-4-7-19-9-12-24(33)32(16-19)17-23(30(3)28)25(27)20-10-11-22(21(14-26)29-20)31-13-6-8-18(5-2)15-31;2-1-3/h9-12,16,18H,4-8,13,15,17,27-28H2,1-3H3;1H,(H,2,3)/b25-23-;. The van der Waals surface area contributed by atoms with Gasteiger partial charge < -0.3 is 25.3 Å². The van der Waals surface area contributed by atoms with Crippen LogP contribution >= 0.6 is 0 Å². The van der Waals surface area contributed by atoms with Gasteiger partial charge in [0.05, 0.1) is 29.3 Å². The summed E-state index contributed by atoms with van der Waals surface area (Å²) in [6.07, 6.45) is 7.19. The number of nitrogens with zero attached hydrogens (tertiary/aromatic N) is 5. The van der Waals surface area contributed by atoms with Gasteiger partial charge in [0, 0.05) is 32.4 Å². The summed E-state index contributed by atoms with van der Waals surface area (Å²) in [6.45, 7) is 6.13. The van der Waals surface area contributed by atoms with Gasteiger partial charge in [0.25, 0.3) is 12.0 Å². The lowest BCUT2D eigenvalue weighted by Gasteiger charge is -2.34. The van der Waals surface area contributed by atoms with E-state index in [2.05, 4.69) is 29.8 Å². The number of nitrogens with two attached hydrogens (primary N) is 2. The average molecular weight is 496 g/mol. The lowest BCUT2D eigenvalue weighted by molar-refractivity contribution is -0.122. The average Bonchev–Trinajstić information content (AvgIpc) is 2.88. The van der Waals surface area contributed by atoms with E-state index in [0.29, 0.717) is 28.7 Å². The fraction of sp³-hybridized carbons (Fsp3) is 0.462. The van der Waals surface area contributed by atoms with Gasteiger partial charge in [-0.25, -0.2) is 10.8 Å². The van der Waals surface area contributed by atoms with Crippen molar-refractivity contribution in [3.8, 4) is 6.07 Å². The fourth-order valence-electron chi connectivity index (χ4n) is 4.39. The van der Waals surface area contributed by atoms with Gasteiger partial charge in [-0.3, -0.25) is 9.59 Å². The van der Waals surface area contributed by atoms with Crippen molar-refractivity contribution in [3.63, 3.8) is 0 Å². The molecule has 3 heterocycles. The number of aromatic nitrogens is 2. The smallest absolute Gasteiger partial charge is 0.290 e. The van der Waals surface area contributed by atoms with E-state index < -0.39 is 0 Å². The lowest BCUT2D eigenvalue weighted by Crippen LogP contribution is -2.36. The molecule has 0 aromatic carbocycles. The second kappa shape index (κ2) is 13.9. The number of aryl methyl sites for hydroxylation is 1. The number of hydrogen-bond donors (Lipinski definition) is 3. The van der Waals surface area contributed by atoms with Crippen LogP contribution in [0.15, 0.2) is 41.0 Å². The summed E-state index contributed by atoms with van der Waals surface area (Å²) in [5, 5.41) is 18.1. The third kappa shape index (κ3) is 7.33. The zero-order chi connectivity index (χ0) is 26.7. The lowest BCUT2D eigenvalue weighted by atomic mass is 9.95. The highest BCUT2D eigenvalue weighted by molar-refractivity contribution is 5.67. The van der Waals surface area contributed by atoms with E-state index in [1.54, 1.807) is 17.7 Å². The van der Waals surface area contributed by atoms with Gasteiger partial charge in [-0.1, -0.05) is 32.8 Å². The molecule has 194 valence electrons. The van der Waals surface area contributed by atoms with Crippen LogP contribution in [-0.4, -0.2) is 46.3 Å². The molecule has 2 aromatic rings. The molecule has 1 saturated heterocycles. The number of nitriles is 1. The maximum absolute atomic E-state index is 12.4. The predicted molar refractivity (Wildman–Crippen MR) is 141 cm³/mol. The number of carboxylic acid groups (broad SMARTS) is 1. The van der Waals surface area contributed by atoms with Crippen LogP contribution in [0.25, 0.3) is 5.70 Å². The number of likely N-dealkylation sites (N-methyl/N-ethyl adjacent to an activating group) is 1. The second-order valence-corrected chi connectivity index (χ2v) is 8.87. The molecule has 10 heteroatoms. The van der Waals surface area contributed by atoms with Crippen molar-refractivity contribution >= 4 is 17.9 Å². The Kier molecular flexibility index (Phi) is 11.0. The number of hydrogen-bond acceptors (Lipinski definition) is 8. The van der Waals surface area contributed by atoms with Crippen LogP contribution < -0.4 is 22.0 Å². The summed E-state index contributed by atoms with van der Waals surface area (Å²) in [5.74, 6) is 6.73. The molecule has 0 spiro atoms. The molecule has 1 atom stereocenters. The highest BCUT2D eigenvalue weighted by Crippen LogP contribution is 2.28. The number of anilines is 1. The molecule has 0 amide bonds. The first kappa shape index (κ1) is 28.4. The molecular formula is C26H37N7O3. The Morgan fingerprint density at radius 3 is 2.67 bits per heavy atom. The summed E-state index contributed by atoms with van der Waals surface area (Å²) < 4.78 is 1.61. The monoisotopic (exact) mass is 495 g/mol. The third-order valence-corrected chi connectivity index (χ3v) is 6.33. The van der Waals surface area contributed by atoms with E-state index in [-0.39, 0.29) is 18.6 Å². The van der Waals surface area contributed by atoms with E-state index in [9.17, 15) is 10.1 Å². The summed E-state index contributed by atoms with van der Waals surface area (Å²) in [6, 6.07) is 9.42. The predicted octanol–water partition coefficient (Wildman–Crippen LogP) is 2.53. The Bertz CT molecular complexity index is 1150. The van der Waals surface area contributed by atoms with Gasteiger partial charge in [0.2, 0.25) is 0 Å². The van der Waals surface area contributed by atoms with Crippen molar-refractivity contribution in [1.82, 2.24) is 14.6 Å². The molecule has 2 aromatic heterocycles. The van der Waals surface area contributed by atoms with Crippen molar-refractivity contribution in [2.24, 2.45) is 17.5 Å². The van der Waals surface area contributed by atoms with Gasteiger partial charge >= 0.3 is 0 Å². The van der Waals surface area contributed by atoms with E-state index in [4.69, 9.17) is 21.5 Å². The second-order valence-electron chi connectivity index (χ2n) is 8.87. The number of piperidine rings is 1. The molecule has 0 radical (unpaired) electrons. The molecule has 1 unspecified atom stereocenters. The minimum absolute atomic E-state index is 0.126. The van der Waals surface area contributed by atoms with Crippen molar-refractivity contribution < 1.29 is 9.90 Å². The van der Waals surface area contributed by atoms with Crippen LogP contribution in [0.4, 0.5) is 5.69 Å². The quantitative estimate of drug-likeness (QED) is 0.285. The van der Waals surface area contributed by atoms with E-state index >= 15 is 0 Å². The van der Waals surface area contributed by atoms with Crippen molar-refractivity contribution in [3.05, 3.63) is 63.5 Å². The Morgan fingerprint density at radius 1 is 1.33 bits per heavy atom. The number of allylic oxidation sites excluding steroid dienone is 1. The molecule has 1 fully saturated rings. The van der Waals surface area contributed by atoms with E-state index in [0.717, 1.165) is 50.0 Å². The highest BCUT2D eigenvalue weighted by atomic mass is 16.3. The van der Waals surface area contributed by atoms with Crippen LogP contribution in [-0.2, 0) is 17.8 Å². The number of rotatable bonds is 8. The first-order valence-corrected chi connectivity index (χ1v) is 12.2. The summed E-state index contributed by atoms with van der Waals surface area (Å²) in [4.78, 5) is 27.6. The number of pyridine rings is 2. The molecular weight excluding hydrogens is 458 g/mol. The molecule has 5 N–H and O–H groups in total. The van der Waals surface area contributed by atoms with Gasteiger partial charge in [-0.2, -0.15) is 5.26 Å². The molecule has 0 aliphatic carbocycles. The van der Waals surface area contributed by atoms with Crippen LogP contribution in [0.2, 0.25) is 0 Å². The molecule has 0 bridgehead atoms. The van der Waals surface area contributed by atoms with E-state index in [1.165, 1.54) is 11.4 Å². The van der Waals surface area contributed by atoms with Crippen molar-refractivity contribution in [2.45, 2.75) is 52.5 Å². The van der Waals surface area contributed by atoms with E-state index in [1.807, 2.05) is 24.4 Å². The molecule has 3 rings (SSSR count). The maximum Gasteiger partial charge on any atom is 0.290 e. The third-order valence-electron chi connectivity index (χ3n) is 6.33. The van der Waals surface area contributed by atoms with Gasteiger partial charge in [0.1, 0.15) is 6.07 Å². The Morgan fingerprint density at radius 2 is 2.06 bits per heavy atom. The molecule has 1 aliphatic rings. The summed E-state index contributed by atoms with van der Waals surface area (Å²) in [7, 11) is 1.68. The van der Waals surface area contributed by atoms with Crippen LogP contribution in [0.3, 0.4) is 0 Å². The Labute approximate surface area is 212 Å². The summed E-state index contributed by atoms with van der Waals surface area (Å²) in [5.41, 5.74) is 10.0.